The van der Waals surface area contributed by atoms with Gasteiger partial charge >= 0.3 is 0 Å². The quantitative estimate of drug-likeness (QED) is 0.391. The number of ether oxygens (including phenoxy) is 2. The van der Waals surface area contributed by atoms with E-state index >= 15 is 0 Å². The highest BCUT2D eigenvalue weighted by molar-refractivity contribution is 6.02. The normalized spacial score (nSPS) is 11.1. The van der Waals surface area contributed by atoms with Crippen molar-refractivity contribution in [1.82, 2.24) is 19.2 Å². The molecule has 36 heavy (non-hydrogen) atoms. The summed E-state index contributed by atoms with van der Waals surface area (Å²) in [6, 6.07) is 16.5. The minimum absolute atomic E-state index is 0.0175. The number of anilines is 1. The number of benzene rings is 3. The molecule has 2 aromatic heterocycles. The molecule has 5 aromatic rings. The fraction of sp³-hybridized carbons (Fsp3) is 0.154. The average Bonchev–Trinajstić information content (AvgIpc) is 3.32. The number of carbonyl (C=O) groups excluding carboxylic acids is 1. The van der Waals surface area contributed by atoms with Gasteiger partial charge in [-0.05, 0) is 42.3 Å². The van der Waals surface area contributed by atoms with Crippen LogP contribution in [0.4, 0.5) is 10.1 Å². The highest BCUT2D eigenvalue weighted by Crippen LogP contribution is 2.26. The lowest BCUT2D eigenvalue weighted by Crippen LogP contribution is -2.24. The summed E-state index contributed by atoms with van der Waals surface area (Å²) in [6.45, 7) is 2.04. The summed E-state index contributed by atoms with van der Waals surface area (Å²) in [5.74, 6) is -0.189. The predicted molar refractivity (Wildman–Crippen MR) is 132 cm³/mol. The zero-order chi connectivity index (χ0) is 25.4. The Morgan fingerprint density at radius 3 is 2.44 bits per heavy atom. The van der Waals surface area contributed by atoms with Crippen LogP contribution in [-0.4, -0.2) is 39.3 Å². The molecule has 0 aliphatic heterocycles. The first-order valence-corrected chi connectivity index (χ1v) is 11.0. The van der Waals surface area contributed by atoms with Gasteiger partial charge in [0.15, 0.2) is 0 Å². The lowest BCUT2D eigenvalue weighted by atomic mass is 10.2. The first-order valence-electron chi connectivity index (χ1n) is 11.0. The third kappa shape index (κ3) is 4.24. The molecule has 0 bridgehead atoms. The fourth-order valence-corrected chi connectivity index (χ4v) is 4.02. The monoisotopic (exact) mass is 487 g/mol. The zero-order valence-electron chi connectivity index (χ0n) is 19.8. The third-order valence-corrected chi connectivity index (χ3v) is 5.74. The highest BCUT2D eigenvalue weighted by Gasteiger charge is 2.20. The van der Waals surface area contributed by atoms with E-state index < -0.39 is 17.3 Å². The Balaban J connectivity index is 1.61. The van der Waals surface area contributed by atoms with E-state index in [2.05, 4.69) is 15.4 Å². The van der Waals surface area contributed by atoms with Gasteiger partial charge in [0.05, 0.1) is 31.8 Å². The molecule has 0 aliphatic carbocycles. The summed E-state index contributed by atoms with van der Waals surface area (Å²) in [5, 5.41) is 7.05. The zero-order valence-corrected chi connectivity index (χ0v) is 19.8. The van der Waals surface area contributed by atoms with Gasteiger partial charge in [-0.25, -0.2) is 8.91 Å². The molecule has 3 aromatic carbocycles. The van der Waals surface area contributed by atoms with Crippen molar-refractivity contribution in [1.29, 1.82) is 0 Å². The molecule has 0 atom stereocenters. The smallest absolute Gasteiger partial charge is 0.296 e. The van der Waals surface area contributed by atoms with Crippen molar-refractivity contribution in [3.8, 4) is 11.5 Å². The van der Waals surface area contributed by atoms with E-state index in [0.717, 1.165) is 5.56 Å². The van der Waals surface area contributed by atoms with E-state index in [1.807, 2.05) is 25.1 Å². The van der Waals surface area contributed by atoms with E-state index in [1.165, 1.54) is 35.4 Å². The Labute approximate surface area is 204 Å². The summed E-state index contributed by atoms with van der Waals surface area (Å²) < 4.78 is 27.1. The van der Waals surface area contributed by atoms with Gasteiger partial charge in [0.25, 0.3) is 11.5 Å². The van der Waals surface area contributed by atoms with Crippen molar-refractivity contribution in [3.63, 3.8) is 0 Å². The average molecular weight is 487 g/mol. The number of fused-ring (bicyclic) bond motifs is 3. The number of hydrogen-bond donors (Lipinski definition) is 1. The number of nitrogens with zero attached hydrogens (tertiary/aromatic N) is 4. The number of aryl methyl sites for hydroxylation is 1. The Morgan fingerprint density at radius 1 is 1.00 bits per heavy atom. The lowest BCUT2D eigenvalue weighted by molar-refractivity contribution is 0.101. The Morgan fingerprint density at radius 2 is 1.75 bits per heavy atom. The van der Waals surface area contributed by atoms with Crippen molar-refractivity contribution in [3.05, 3.63) is 93.8 Å². The summed E-state index contributed by atoms with van der Waals surface area (Å²) in [4.78, 5) is 30.8. The molecule has 5 rings (SSSR count). The van der Waals surface area contributed by atoms with Crippen LogP contribution in [0.3, 0.4) is 0 Å². The summed E-state index contributed by atoms with van der Waals surface area (Å²) in [7, 11) is 3.01. The topological polar surface area (TPSA) is 99.8 Å². The van der Waals surface area contributed by atoms with Crippen molar-refractivity contribution in [2.24, 2.45) is 0 Å². The molecule has 0 fully saturated rings. The second-order valence-electron chi connectivity index (χ2n) is 8.24. The van der Waals surface area contributed by atoms with Crippen LogP contribution in [0.1, 0.15) is 21.7 Å². The summed E-state index contributed by atoms with van der Waals surface area (Å²) in [6.07, 6.45) is 0. The van der Waals surface area contributed by atoms with Crippen LogP contribution in [0.2, 0.25) is 0 Å². The van der Waals surface area contributed by atoms with Crippen LogP contribution in [-0.2, 0) is 6.54 Å². The number of amides is 1. The molecule has 0 saturated heterocycles. The first kappa shape index (κ1) is 23.0. The number of nitrogens with one attached hydrogen (secondary N) is 1. The molecular formula is C26H22FN5O4. The van der Waals surface area contributed by atoms with Crippen LogP contribution in [0, 0.1) is 12.7 Å². The Hall–Kier alpha value is -4.73. The van der Waals surface area contributed by atoms with E-state index in [0.29, 0.717) is 33.8 Å². The van der Waals surface area contributed by atoms with Gasteiger partial charge in [-0.2, -0.15) is 4.98 Å². The van der Waals surface area contributed by atoms with Gasteiger partial charge in [0, 0.05) is 23.9 Å². The van der Waals surface area contributed by atoms with E-state index in [4.69, 9.17) is 9.47 Å². The van der Waals surface area contributed by atoms with Gasteiger partial charge < -0.3 is 14.8 Å². The molecule has 10 heteroatoms. The van der Waals surface area contributed by atoms with Crippen molar-refractivity contribution < 1.29 is 18.7 Å². The predicted octanol–water partition coefficient (Wildman–Crippen LogP) is 3.81. The Kier molecular flexibility index (Phi) is 5.85. The molecular weight excluding hydrogens is 465 g/mol. The molecule has 182 valence electrons. The number of rotatable bonds is 6. The largest absolute Gasteiger partial charge is 0.497 e. The molecule has 0 aliphatic rings. The molecule has 1 amide bonds. The minimum atomic E-state index is -0.606. The molecule has 1 N–H and O–H groups in total. The van der Waals surface area contributed by atoms with E-state index in [9.17, 15) is 14.0 Å². The molecule has 0 radical (unpaired) electrons. The number of methoxy groups -OCH3 is 2. The number of hydrogen-bond acceptors (Lipinski definition) is 6. The van der Waals surface area contributed by atoms with Crippen molar-refractivity contribution in [2.45, 2.75) is 13.5 Å². The highest BCUT2D eigenvalue weighted by atomic mass is 19.1. The lowest BCUT2D eigenvalue weighted by Gasteiger charge is -2.12. The van der Waals surface area contributed by atoms with Crippen LogP contribution in [0.5, 0.6) is 11.5 Å². The molecule has 0 spiro atoms. The van der Waals surface area contributed by atoms with Gasteiger partial charge in [0.1, 0.15) is 17.3 Å². The molecule has 2 heterocycles. The van der Waals surface area contributed by atoms with Gasteiger partial charge in [0.2, 0.25) is 11.5 Å². The molecule has 0 unspecified atom stereocenters. The molecule has 0 saturated carbocycles. The van der Waals surface area contributed by atoms with Crippen LogP contribution in [0.25, 0.3) is 16.7 Å². The number of halogens is 1. The second kappa shape index (κ2) is 9.14. The summed E-state index contributed by atoms with van der Waals surface area (Å²) >= 11 is 0. The number of carbonyl (C=O) groups is 1. The maximum Gasteiger partial charge on any atom is 0.296 e. The third-order valence-electron chi connectivity index (χ3n) is 5.74. The Bertz CT molecular complexity index is 1670. The van der Waals surface area contributed by atoms with E-state index in [1.54, 1.807) is 30.3 Å². The van der Waals surface area contributed by atoms with Gasteiger partial charge in [-0.15, -0.1) is 5.10 Å². The van der Waals surface area contributed by atoms with E-state index in [-0.39, 0.29) is 18.0 Å². The summed E-state index contributed by atoms with van der Waals surface area (Å²) in [5.41, 5.74) is 2.67. The van der Waals surface area contributed by atoms with Gasteiger partial charge in [-0.1, -0.05) is 18.2 Å². The van der Waals surface area contributed by atoms with Crippen LogP contribution >= 0.6 is 0 Å². The van der Waals surface area contributed by atoms with Crippen LogP contribution in [0.15, 0.2) is 65.5 Å². The SMILES string of the molecule is COc1cc(NC(=O)c2nc3c(=O)n(Cc4cccc(F)c4)c4cc(C)ccc4n3n2)cc(OC)c1. The first-order chi connectivity index (χ1) is 17.4. The second-order valence-corrected chi connectivity index (χ2v) is 8.24. The fourth-order valence-electron chi connectivity index (χ4n) is 4.02. The minimum Gasteiger partial charge on any atom is -0.497 e. The van der Waals surface area contributed by atoms with Crippen molar-refractivity contribution in [2.75, 3.05) is 19.5 Å². The van der Waals surface area contributed by atoms with Crippen molar-refractivity contribution >= 4 is 28.3 Å². The maximum absolute atomic E-state index is 13.8. The standard InChI is InChI=1S/C26H22FN5O4/c1-15-7-8-21-22(9-15)31(14-16-5-4-6-17(27)10-16)26(34)24-29-23(30-32(21)24)25(33)28-18-11-19(35-2)13-20(12-18)36-3/h4-13H,14H2,1-3H3,(H,28,33). The number of aromatic nitrogens is 4. The van der Waals surface area contributed by atoms with Gasteiger partial charge in [-0.3, -0.25) is 14.2 Å². The van der Waals surface area contributed by atoms with Crippen LogP contribution < -0.4 is 20.3 Å². The maximum atomic E-state index is 13.8. The molecule has 9 nitrogen and oxygen atoms in total.